The monoisotopic (exact) mass is 198 g/mol. The molecule has 1 aromatic heterocycles. The minimum Gasteiger partial charge on any atom is -0.465 e. The van der Waals surface area contributed by atoms with E-state index >= 15 is 0 Å². The molecule has 3 nitrogen and oxygen atoms in total. The summed E-state index contributed by atoms with van der Waals surface area (Å²) >= 11 is 1.05. The minimum absolute atomic E-state index is 0.0473. The van der Waals surface area contributed by atoms with Gasteiger partial charge in [-0.1, -0.05) is 0 Å². The summed E-state index contributed by atoms with van der Waals surface area (Å²) in [5, 5.41) is -0.154. The third kappa shape index (κ3) is 2.73. The molecule has 1 rings (SSSR count). The van der Waals surface area contributed by atoms with Crippen molar-refractivity contribution in [2.75, 3.05) is 0 Å². The molecule has 0 N–H and O–H groups in total. The molecule has 70 valence electrons. The second-order valence-corrected chi connectivity index (χ2v) is 3.72. The Morgan fingerprint density at radius 3 is 2.77 bits per heavy atom. The Kier molecular flexibility index (Phi) is 3.31. The van der Waals surface area contributed by atoms with E-state index in [-0.39, 0.29) is 11.5 Å². The van der Waals surface area contributed by atoms with Crippen molar-refractivity contribution in [2.24, 2.45) is 0 Å². The molecular weight excluding hydrogens is 188 g/mol. The van der Waals surface area contributed by atoms with Gasteiger partial charge in [0.1, 0.15) is 17.8 Å². The van der Waals surface area contributed by atoms with Crippen LogP contribution in [-0.2, 0) is 9.59 Å². The fraction of sp³-hybridized carbons (Fsp3) is 0.333. The fourth-order valence-corrected chi connectivity index (χ4v) is 1.75. The number of rotatable bonds is 3. The quantitative estimate of drug-likeness (QED) is 0.424. The first-order valence-corrected chi connectivity index (χ1v) is 4.66. The van der Waals surface area contributed by atoms with Gasteiger partial charge in [-0.25, -0.2) is 0 Å². The highest BCUT2D eigenvalue weighted by molar-refractivity contribution is 8.13. The summed E-state index contributed by atoms with van der Waals surface area (Å²) < 4.78 is 5.23. The molecule has 1 heterocycles. The summed E-state index contributed by atoms with van der Waals surface area (Å²) in [5.41, 5.74) is 0. The highest BCUT2D eigenvalue weighted by Crippen LogP contribution is 2.26. The van der Waals surface area contributed by atoms with Gasteiger partial charge >= 0.3 is 0 Å². The van der Waals surface area contributed by atoms with E-state index in [1.54, 1.807) is 13.0 Å². The van der Waals surface area contributed by atoms with Gasteiger partial charge in [-0.15, -0.1) is 0 Å². The SMILES string of the molecule is Cc1cc(SC(=O)CC=O)c(C)o1. The van der Waals surface area contributed by atoms with Gasteiger partial charge in [0.2, 0.25) is 5.12 Å². The lowest BCUT2D eigenvalue weighted by Crippen LogP contribution is -1.91. The van der Waals surface area contributed by atoms with Gasteiger partial charge in [-0.3, -0.25) is 4.79 Å². The van der Waals surface area contributed by atoms with Gasteiger partial charge in [0.05, 0.1) is 11.3 Å². The van der Waals surface area contributed by atoms with Crippen molar-refractivity contribution in [3.8, 4) is 0 Å². The number of furan rings is 1. The van der Waals surface area contributed by atoms with E-state index in [0.29, 0.717) is 6.29 Å². The molecule has 0 aliphatic heterocycles. The van der Waals surface area contributed by atoms with Crippen molar-refractivity contribution in [3.05, 3.63) is 17.6 Å². The lowest BCUT2D eigenvalue weighted by Gasteiger charge is -1.93. The van der Waals surface area contributed by atoms with Crippen molar-refractivity contribution in [3.63, 3.8) is 0 Å². The lowest BCUT2D eigenvalue weighted by molar-refractivity contribution is -0.116. The van der Waals surface area contributed by atoms with E-state index in [9.17, 15) is 9.59 Å². The zero-order valence-corrected chi connectivity index (χ0v) is 8.31. The molecule has 0 bridgehead atoms. The Hall–Kier alpha value is -1.03. The molecule has 0 fully saturated rings. The fourth-order valence-electron chi connectivity index (χ4n) is 0.941. The van der Waals surface area contributed by atoms with Crippen molar-refractivity contribution < 1.29 is 14.0 Å². The number of carbonyl (C=O) groups is 2. The van der Waals surface area contributed by atoms with Crippen molar-refractivity contribution in [1.82, 2.24) is 0 Å². The van der Waals surface area contributed by atoms with Crippen LogP contribution in [0.1, 0.15) is 17.9 Å². The molecule has 0 atom stereocenters. The third-order valence-corrected chi connectivity index (χ3v) is 2.49. The number of hydrogen-bond acceptors (Lipinski definition) is 4. The Labute approximate surface area is 80.5 Å². The molecule has 13 heavy (non-hydrogen) atoms. The predicted molar refractivity (Wildman–Crippen MR) is 49.7 cm³/mol. The first-order chi connectivity index (χ1) is 6.13. The maximum Gasteiger partial charge on any atom is 0.200 e. The van der Waals surface area contributed by atoms with Crippen LogP contribution < -0.4 is 0 Å². The van der Waals surface area contributed by atoms with Crippen LogP contribution in [0.2, 0.25) is 0 Å². The number of aryl methyl sites for hydroxylation is 2. The number of thioether (sulfide) groups is 1. The minimum atomic E-state index is -0.154. The Morgan fingerprint density at radius 1 is 1.62 bits per heavy atom. The Bertz CT molecular complexity index is 328. The molecule has 0 aromatic carbocycles. The van der Waals surface area contributed by atoms with Gasteiger partial charge in [0.15, 0.2) is 0 Å². The van der Waals surface area contributed by atoms with Gasteiger partial charge < -0.3 is 9.21 Å². The smallest absolute Gasteiger partial charge is 0.200 e. The summed E-state index contributed by atoms with van der Waals surface area (Å²) in [5.74, 6) is 1.50. The molecular formula is C9H10O3S. The van der Waals surface area contributed by atoms with Gasteiger partial charge in [-0.05, 0) is 31.7 Å². The molecule has 1 aromatic rings. The first-order valence-electron chi connectivity index (χ1n) is 3.85. The second-order valence-electron chi connectivity index (χ2n) is 2.62. The van der Waals surface area contributed by atoms with Crippen LogP contribution >= 0.6 is 11.8 Å². The zero-order valence-electron chi connectivity index (χ0n) is 7.49. The van der Waals surface area contributed by atoms with E-state index in [1.165, 1.54) is 0 Å². The van der Waals surface area contributed by atoms with Crippen LogP contribution in [0.3, 0.4) is 0 Å². The molecule has 4 heteroatoms. The molecule has 0 saturated heterocycles. The van der Waals surface area contributed by atoms with Crippen LogP contribution in [0.15, 0.2) is 15.4 Å². The van der Waals surface area contributed by atoms with Crippen LogP contribution in [0.4, 0.5) is 0 Å². The maximum absolute atomic E-state index is 11.1. The number of aldehydes is 1. The largest absolute Gasteiger partial charge is 0.465 e. The second kappa shape index (κ2) is 4.28. The van der Waals surface area contributed by atoms with E-state index in [1.807, 2.05) is 6.92 Å². The number of hydrogen-bond donors (Lipinski definition) is 0. The predicted octanol–water partition coefficient (Wildman–Crippen LogP) is 2.10. The highest BCUT2D eigenvalue weighted by Gasteiger charge is 2.09. The molecule has 0 radical (unpaired) electrons. The Balaban J connectivity index is 2.68. The molecule has 0 aliphatic carbocycles. The summed E-state index contributed by atoms with van der Waals surface area (Å²) in [6, 6.07) is 1.79. The molecule has 0 aliphatic rings. The molecule has 0 saturated carbocycles. The summed E-state index contributed by atoms with van der Waals surface area (Å²) in [6.07, 6.45) is 0.561. The normalized spacial score (nSPS) is 10.0. The molecule has 0 spiro atoms. The van der Waals surface area contributed by atoms with E-state index in [2.05, 4.69) is 0 Å². The average molecular weight is 198 g/mol. The van der Waals surface area contributed by atoms with Crippen LogP contribution in [0, 0.1) is 13.8 Å². The lowest BCUT2D eigenvalue weighted by atomic mass is 10.4. The van der Waals surface area contributed by atoms with Crippen LogP contribution in [-0.4, -0.2) is 11.4 Å². The van der Waals surface area contributed by atoms with Gasteiger partial charge in [0, 0.05) is 0 Å². The van der Waals surface area contributed by atoms with Crippen LogP contribution in [0.5, 0.6) is 0 Å². The summed E-state index contributed by atoms with van der Waals surface area (Å²) in [7, 11) is 0. The maximum atomic E-state index is 11.1. The molecule has 0 amide bonds. The van der Waals surface area contributed by atoms with Crippen LogP contribution in [0.25, 0.3) is 0 Å². The molecule has 0 unspecified atom stereocenters. The van der Waals surface area contributed by atoms with Crippen molar-refractivity contribution in [1.29, 1.82) is 0 Å². The highest BCUT2D eigenvalue weighted by atomic mass is 32.2. The van der Waals surface area contributed by atoms with Gasteiger partial charge in [0.25, 0.3) is 0 Å². The third-order valence-electron chi connectivity index (χ3n) is 1.47. The average Bonchev–Trinajstić information content (AvgIpc) is 2.30. The topological polar surface area (TPSA) is 47.3 Å². The van der Waals surface area contributed by atoms with E-state index < -0.39 is 0 Å². The standard InChI is InChI=1S/C9H10O3S/c1-6-5-8(7(2)12-6)13-9(11)3-4-10/h4-5H,3H2,1-2H3. The summed E-state index contributed by atoms with van der Waals surface area (Å²) in [6.45, 7) is 3.62. The van der Waals surface area contributed by atoms with E-state index in [4.69, 9.17) is 4.42 Å². The zero-order chi connectivity index (χ0) is 9.84. The Morgan fingerprint density at radius 2 is 2.31 bits per heavy atom. The van der Waals surface area contributed by atoms with Crippen molar-refractivity contribution >= 4 is 23.2 Å². The van der Waals surface area contributed by atoms with Gasteiger partial charge in [-0.2, -0.15) is 0 Å². The van der Waals surface area contributed by atoms with Crippen molar-refractivity contribution in [2.45, 2.75) is 25.2 Å². The number of carbonyl (C=O) groups excluding carboxylic acids is 2. The summed E-state index contributed by atoms with van der Waals surface area (Å²) in [4.78, 5) is 21.9. The first kappa shape index (κ1) is 10.1. The van der Waals surface area contributed by atoms with E-state index in [0.717, 1.165) is 28.2 Å².